The summed E-state index contributed by atoms with van der Waals surface area (Å²) in [5, 5.41) is 0. The van der Waals surface area contributed by atoms with Crippen LogP contribution in [0.5, 0.6) is 5.75 Å². The first kappa shape index (κ1) is 32.1. The molecule has 1 fully saturated rings. The molecule has 1 aromatic carbocycles. The summed E-state index contributed by atoms with van der Waals surface area (Å²) in [6.07, 6.45) is 10.8. The molecule has 2 atom stereocenters. The molecule has 0 saturated carbocycles. The summed E-state index contributed by atoms with van der Waals surface area (Å²) < 4.78 is 28.8. The van der Waals surface area contributed by atoms with Crippen LogP contribution in [-0.4, -0.2) is 43.5 Å². The van der Waals surface area contributed by atoms with Crippen LogP contribution in [0.25, 0.3) is 0 Å². The Morgan fingerprint density at radius 2 is 1.16 bits per heavy atom. The van der Waals surface area contributed by atoms with Crippen LogP contribution >= 0.6 is 0 Å². The maximum absolute atomic E-state index is 13.0. The van der Waals surface area contributed by atoms with Gasteiger partial charge in [-0.2, -0.15) is 0 Å². The molecule has 0 radical (unpaired) electrons. The van der Waals surface area contributed by atoms with Gasteiger partial charge in [-0.05, 0) is 58.4 Å². The highest BCUT2D eigenvalue weighted by Crippen LogP contribution is 2.43. The fourth-order valence-corrected chi connectivity index (χ4v) is 4.77. The first-order valence-electron chi connectivity index (χ1n) is 14.6. The predicted molar refractivity (Wildman–Crippen MR) is 148 cm³/mol. The lowest BCUT2D eigenvalue weighted by Crippen LogP contribution is -2.40. The summed E-state index contributed by atoms with van der Waals surface area (Å²) in [6, 6.07) is 7.37. The molecule has 0 bridgehead atoms. The van der Waals surface area contributed by atoms with Crippen molar-refractivity contribution in [3.63, 3.8) is 0 Å². The van der Waals surface area contributed by atoms with Gasteiger partial charge in [0.15, 0.2) is 18.0 Å². The largest absolute Gasteiger partial charge is 0.497 e. The van der Waals surface area contributed by atoms with Crippen molar-refractivity contribution in [1.29, 1.82) is 0 Å². The van der Waals surface area contributed by atoms with Crippen molar-refractivity contribution in [2.45, 2.75) is 142 Å². The molecule has 0 aliphatic carbocycles. The lowest BCUT2D eigenvalue weighted by Gasteiger charge is -2.29. The lowest BCUT2D eigenvalue weighted by atomic mass is 9.98. The topological polar surface area (TPSA) is 80.3 Å². The Morgan fingerprint density at radius 1 is 0.737 bits per heavy atom. The minimum Gasteiger partial charge on any atom is -0.497 e. The summed E-state index contributed by atoms with van der Waals surface area (Å²) in [5.74, 6) is -1.81. The first-order valence-corrected chi connectivity index (χ1v) is 14.6. The number of ether oxygens (including phenoxy) is 5. The number of carbonyl (C=O) groups is 2. The highest BCUT2D eigenvalue weighted by molar-refractivity contribution is 5.86. The van der Waals surface area contributed by atoms with Crippen LogP contribution in [0, 0.1) is 0 Å². The van der Waals surface area contributed by atoms with Crippen LogP contribution < -0.4 is 4.74 Å². The highest BCUT2D eigenvalue weighted by atomic mass is 16.8. The van der Waals surface area contributed by atoms with Crippen LogP contribution in [0.3, 0.4) is 0 Å². The number of hydrogen-bond acceptors (Lipinski definition) is 7. The van der Waals surface area contributed by atoms with Gasteiger partial charge in [0.2, 0.25) is 0 Å². The first-order chi connectivity index (χ1) is 18.2. The molecule has 0 N–H and O–H groups in total. The molecular formula is C31H50O7. The Balaban J connectivity index is 2.09. The van der Waals surface area contributed by atoms with Gasteiger partial charge in [-0.15, -0.1) is 0 Å². The van der Waals surface area contributed by atoms with E-state index in [1.807, 2.05) is 24.3 Å². The van der Waals surface area contributed by atoms with Crippen molar-refractivity contribution < 1.29 is 33.3 Å². The van der Waals surface area contributed by atoms with Gasteiger partial charge in [-0.1, -0.05) is 71.1 Å². The molecule has 7 nitrogen and oxygen atoms in total. The molecule has 0 aromatic heterocycles. The molecule has 1 aliphatic rings. The third-order valence-corrected chi connectivity index (χ3v) is 6.72. The Hall–Kier alpha value is -2.12. The van der Waals surface area contributed by atoms with E-state index in [0.717, 1.165) is 24.8 Å². The van der Waals surface area contributed by atoms with Gasteiger partial charge in [0, 0.05) is 12.0 Å². The minimum atomic E-state index is -1.26. The van der Waals surface area contributed by atoms with E-state index in [1.165, 1.54) is 51.4 Å². The van der Waals surface area contributed by atoms with E-state index < -0.39 is 29.9 Å². The van der Waals surface area contributed by atoms with Crippen LogP contribution in [0.1, 0.15) is 117 Å². The van der Waals surface area contributed by atoms with E-state index in [4.69, 9.17) is 23.7 Å². The molecule has 1 saturated heterocycles. The van der Waals surface area contributed by atoms with E-state index in [9.17, 15) is 9.59 Å². The van der Waals surface area contributed by atoms with Crippen molar-refractivity contribution in [1.82, 2.24) is 0 Å². The van der Waals surface area contributed by atoms with Gasteiger partial charge in [0.1, 0.15) is 5.75 Å². The van der Waals surface area contributed by atoms with Crippen molar-refractivity contribution in [3.8, 4) is 5.75 Å². The monoisotopic (exact) mass is 534 g/mol. The summed E-state index contributed by atoms with van der Waals surface area (Å²) in [4.78, 5) is 26.0. The molecule has 38 heavy (non-hydrogen) atoms. The number of unbranched alkanes of at least 4 members (excludes halogenated alkanes) is 10. The van der Waals surface area contributed by atoms with Gasteiger partial charge in [0.25, 0.3) is 0 Å². The number of benzene rings is 1. The molecule has 1 heterocycles. The van der Waals surface area contributed by atoms with E-state index in [-0.39, 0.29) is 12.2 Å². The van der Waals surface area contributed by atoms with Crippen molar-refractivity contribution in [2.24, 2.45) is 0 Å². The third kappa shape index (κ3) is 10.2. The zero-order chi connectivity index (χ0) is 28.0. The maximum atomic E-state index is 13.0. The van der Waals surface area contributed by atoms with Gasteiger partial charge in [-0.3, -0.25) is 0 Å². The minimum absolute atomic E-state index is 0.351. The Bertz CT molecular complexity index is 788. The maximum Gasteiger partial charge on any atom is 0.339 e. The molecule has 1 aliphatic heterocycles. The van der Waals surface area contributed by atoms with Crippen LogP contribution in [0.15, 0.2) is 24.3 Å². The number of hydrogen-bond donors (Lipinski definition) is 0. The van der Waals surface area contributed by atoms with Crippen LogP contribution in [-0.2, 0) is 34.3 Å². The summed E-state index contributed by atoms with van der Waals surface area (Å²) in [7, 11) is 1.61. The summed E-state index contributed by atoms with van der Waals surface area (Å²) >= 11 is 0. The fraction of sp³-hybridized carbons (Fsp3) is 0.742. The number of esters is 2. The van der Waals surface area contributed by atoms with Crippen molar-refractivity contribution >= 4 is 11.9 Å². The molecule has 7 heteroatoms. The molecule has 0 amide bonds. The van der Waals surface area contributed by atoms with Gasteiger partial charge >= 0.3 is 11.9 Å². The molecule has 0 unspecified atom stereocenters. The zero-order valence-corrected chi connectivity index (χ0v) is 24.5. The normalized spacial score (nSPS) is 18.6. The quantitative estimate of drug-likeness (QED) is 0.145. The van der Waals surface area contributed by atoms with E-state index >= 15 is 0 Å². The van der Waals surface area contributed by atoms with E-state index in [0.29, 0.717) is 12.2 Å². The molecular weight excluding hydrogens is 484 g/mol. The third-order valence-electron chi connectivity index (χ3n) is 6.72. The molecule has 0 spiro atoms. The molecule has 216 valence electrons. The molecule has 2 rings (SSSR count). The average molecular weight is 535 g/mol. The zero-order valence-electron chi connectivity index (χ0n) is 24.5. The highest BCUT2D eigenvalue weighted by Gasteiger charge is 2.55. The fourth-order valence-electron chi connectivity index (χ4n) is 4.77. The Morgan fingerprint density at radius 3 is 1.55 bits per heavy atom. The van der Waals surface area contributed by atoms with Gasteiger partial charge < -0.3 is 23.7 Å². The number of rotatable bonds is 18. The summed E-state index contributed by atoms with van der Waals surface area (Å²) in [5.41, 5.74) is 0.729. The SMILES string of the molecule is CCCCCCCCCCCCCC1(c2ccc(OC)cc2)O[C@@H](C(=O)OC(C)C)[C@H](C(=O)OC(C)C)O1. The van der Waals surface area contributed by atoms with Gasteiger partial charge in [-0.25, -0.2) is 9.59 Å². The standard InChI is InChI=1S/C31H50O7/c1-7-8-9-10-11-12-13-14-15-16-17-22-31(25-18-20-26(34-6)21-19-25)37-27(29(32)35-23(2)3)28(38-31)30(33)36-24(4)5/h18-21,23-24,27-28H,7-17,22H2,1-6H3/t27-,28-/m1/s1. The second-order valence-corrected chi connectivity index (χ2v) is 10.8. The number of carbonyl (C=O) groups excluding carboxylic acids is 2. The predicted octanol–water partition coefficient (Wildman–Crippen LogP) is 7.24. The van der Waals surface area contributed by atoms with Crippen LogP contribution in [0.2, 0.25) is 0 Å². The van der Waals surface area contributed by atoms with Crippen molar-refractivity contribution in [3.05, 3.63) is 29.8 Å². The smallest absolute Gasteiger partial charge is 0.339 e. The van der Waals surface area contributed by atoms with Crippen molar-refractivity contribution in [2.75, 3.05) is 7.11 Å². The Labute approximate surface area is 229 Å². The van der Waals surface area contributed by atoms with Gasteiger partial charge in [0.05, 0.1) is 19.3 Å². The molecule has 1 aromatic rings. The second kappa shape index (κ2) is 16.8. The lowest BCUT2D eigenvalue weighted by molar-refractivity contribution is -0.202. The Kier molecular flexibility index (Phi) is 14.2. The van der Waals surface area contributed by atoms with Crippen LogP contribution in [0.4, 0.5) is 0 Å². The number of methoxy groups -OCH3 is 1. The average Bonchev–Trinajstić information content (AvgIpc) is 3.28. The van der Waals surface area contributed by atoms with E-state index in [1.54, 1.807) is 34.8 Å². The second-order valence-electron chi connectivity index (χ2n) is 10.8. The summed E-state index contributed by atoms with van der Waals surface area (Å²) in [6.45, 7) is 9.29. The van der Waals surface area contributed by atoms with E-state index in [2.05, 4.69) is 6.92 Å².